The monoisotopic (exact) mass is 366 g/mol. The van der Waals surface area contributed by atoms with Crippen LogP contribution in [-0.2, 0) is 6.54 Å². The van der Waals surface area contributed by atoms with E-state index in [0.717, 1.165) is 11.1 Å². The normalized spacial score (nSPS) is 10.4. The van der Waals surface area contributed by atoms with Gasteiger partial charge in [0.1, 0.15) is 5.69 Å². The van der Waals surface area contributed by atoms with Gasteiger partial charge in [0.2, 0.25) is 5.95 Å². The first-order valence-electron chi connectivity index (χ1n) is 8.18. The van der Waals surface area contributed by atoms with E-state index in [9.17, 15) is 4.79 Å². The standard InChI is InChI=1S/C20H19ClN4O/c1-14-8-9-16(12-17(14)21)23-19(26)18-10-11-22-20(24-18)25(2)13-15-6-4-3-5-7-15/h3-12H,13H2,1-2H3,(H,23,26). The number of aryl methyl sites for hydroxylation is 1. The van der Waals surface area contributed by atoms with Crippen molar-refractivity contribution in [1.29, 1.82) is 0 Å². The maximum absolute atomic E-state index is 12.5. The van der Waals surface area contributed by atoms with E-state index in [2.05, 4.69) is 15.3 Å². The van der Waals surface area contributed by atoms with Crippen molar-refractivity contribution in [2.75, 3.05) is 17.3 Å². The average Bonchev–Trinajstić information content (AvgIpc) is 2.65. The van der Waals surface area contributed by atoms with Gasteiger partial charge in [-0.2, -0.15) is 0 Å². The van der Waals surface area contributed by atoms with Gasteiger partial charge in [0.25, 0.3) is 5.91 Å². The number of amides is 1. The second-order valence-corrected chi connectivity index (χ2v) is 6.41. The van der Waals surface area contributed by atoms with Crippen LogP contribution in [0.25, 0.3) is 0 Å². The average molecular weight is 367 g/mol. The highest BCUT2D eigenvalue weighted by Gasteiger charge is 2.12. The van der Waals surface area contributed by atoms with Gasteiger partial charge < -0.3 is 10.2 Å². The van der Waals surface area contributed by atoms with Gasteiger partial charge in [-0.3, -0.25) is 4.79 Å². The molecule has 0 aliphatic heterocycles. The first kappa shape index (κ1) is 17.9. The number of nitrogens with zero attached hydrogens (tertiary/aromatic N) is 3. The predicted octanol–water partition coefficient (Wildman–Crippen LogP) is 4.33. The quantitative estimate of drug-likeness (QED) is 0.730. The van der Waals surface area contributed by atoms with Gasteiger partial charge in [-0.25, -0.2) is 9.97 Å². The minimum absolute atomic E-state index is 0.298. The lowest BCUT2D eigenvalue weighted by molar-refractivity contribution is 0.102. The summed E-state index contributed by atoms with van der Waals surface area (Å²) in [6.07, 6.45) is 1.58. The maximum atomic E-state index is 12.5. The van der Waals surface area contributed by atoms with Crippen LogP contribution in [0.3, 0.4) is 0 Å². The second kappa shape index (κ2) is 7.97. The van der Waals surface area contributed by atoms with Crippen molar-refractivity contribution in [1.82, 2.24) is 9.97 Å². The summed E-state index contributed by atoms with van der Waals surface area (Å²) in [4.78, 5) is 23.0. The highest BCUT2D eigenvalue weighted by atomic mass is 35.5. The maximum Gasteiger partial charge on any atom is 0.274 e. The molecule has 26 heavy (non-hydrogen) atoms. The van der Waals surface area contributed by atoms with Crippen LogP contribution in [0.2, 0.25) is 5.02 Å². The number of hydrogen-bond acceptors (Lipinski definition) is 4. The van der Waals surface area contributed by atoms with Crippen molar-refractivity contribution in [3.63, 3.8) is 0 Å². The molecule has 0 saturated heterocycles. The fourth-order valence-corrected chi connectivity index (χ4v) is 2.63. The molecule has 0 unspecified atom stereocenters. The Morgan fingerprint density at radius 1 is 1.15 bits per heavy atom. The van der Waals surface area contributed by atoms with Crippen LogP contribution in [-0.4, -0.2) is 22.9 Å². The molecule has 1 aromatic heterocycles. The van der Waals surface area contributed by atoms with E-state index in [0.29, 0.717) is 28.9 Å². The first-order valence-corrected chi connectivity index (χ1v) is 8.56. The molecule has 0 saturated carbocycles. The zero-order chi connectivity index (χ0) is 18.5. The molecule has 132 valence electrons. The van der Waals surface area contributed by atoms with E-state index in [1.807, 2.05) is 61.3 Å². The smallest absolute Gasteiger partial charge is 0.274 e. The highest BCUT2D eigenvalue weighted by molar-refractivity contribution is 6.31. The molecule has 0 atom stereocenters. The van der Waals surface area contributed by atoms with E-state index < -0.39 is 0 Å². The number of aromatic nitrogens is 2. The zero-order valence-electron chi connectivity index (χ0n) is 14.6. The van der Waals surface area contributed by atoms with Gasteiger partial charge in [0.05, 0.1) is 0 Å². The summed E-state index contributed by atoms with van der Waals surface area (Å²) in [7, 11) is 1.89. The van der Waals surface area contributed by atoms with E-state index in [-0.39, 0.29) is 5.91 Å². The summed E-state index contributed by atoms with van der Waals surface area (Å²) in [5.74, 6) is 0.185. The predicted molar refractivity (Wildman–Crippen MR) is 105 cm³/mol. The Kier molecular flexibility index (Phi) is 5.49. The summed E-state index contributed by atoms with van der Waals surface area (Å²) in [6.45, 7) is 2.56. The largest absolute Gasteiger partial charge is 0.340 e. The number of benzene rings is 2. The fraction of sp³-hybridized carbons (Fsp3) is 0.150. The third-order valence-electron chi connectivity index (χ3n) is 3.91. The molecule has 0 bridgehead atoms. The number of carbonyl (C=O) groups excluding carboxylic acids is 1. The summed E-state index contributed by atoms with van der Waals surface area (Å²) in [6, 6.07) is 17.0. The lowest BCUT2D eigenvalue weighted by Gasteiger charge is -2.17. The molecule has 1 heterocycles. The molecule has 0 fully saturated rings. The van der Waals surface area contributed by atoms with E-state index >= 15 is 0 Å². The Labute approximate surface area is 157 Å². The molecule has 5 nitrogen and oxygen atoms in total. The van der Waals surface area contributed by atoms with Crippen molar-refractivity contribution in [3.8, 4) is 0 Å². The molecule has 0 radical (unpaired) electrons. The molecule has 3 aromatic rings. The Bertz CT molecular complexity index is 915. The van der Waals surface area contributed by atoms with Crippen LogP contribution in [0, 0.1) is 6.92 Å². The lowest BCUT2D eigenvalue weighted by Crippen LogP contribution is -2.21. The molecule has 3 rings (SSSR count). The Morgan fingerprint density at radius 3 is 2.65 bits per heavy atom. The number of halogens is 1. The van der Waals surface area contributed by atoms with Gasteiger partial charge in [-0.1, -0.05) is 48.0 Å². The molecule has 2 aromatic carbocycles. The van der Waals surface area contributed by atoms with Crippen LogP contribution in [0.4, 0.5) is 11.6 Å². The van der Waals surface area contributed by atoms with E-state index in [4.69, 9.17) is 11.6 Å². The molecular weight excluding hydrogens is 348 g/mol. The molecule has 1 N–H and O–H groups in total. The SMILES string of the molecule is Cc1ccc(NC(=O)c2ccnc(N(C)Cc3ccccc3)n2)cc1Cl. The minimum atomic E-state index is -0.304. The number of nitrogens with one attached hydrogen (secondary N) is 1. The summed E-state index contributed by atoms with van der Waals surface area (Å²) >= 11 is 6.10. The van der Waals surface area contributed by atoms with Crippen molar-refractivity contribution >= 4 is 29.1 Å². The van der Waals surface area contributed by atoms with E-state index in [1.165, 1.54) is 0 Å². The Balaban J connectivity index is 1.73. The summed E-state index contributed by atoms with van der Waals surface area (Å²) in [5, 5.41) is 3.42. The second-order valence-electron chi connectivity index (χ2n) is 6.00. The number of anilines is 2. The van der Waals surface area contributed by atoms with Gasteiger partial charge in [-0.15, -0.1) is 0 Å². The minimum Gasteiger partial charge on any atom is -0.340 e. The van der Waals surface area contributed by atoms with Gasteiger partial charge in [0.15, 0.2) is 0 Å². The summed E-state index contributed by atoms with van der Waals surface area (Å²) < 4.78 is 0. The van der Waals surface area contributed by atoms with Crippen LogP contribution in [0.5, 0.6) is 0 Å². The van der Waals surface area contributed by atoms with Gasteiger partial charge in [0, 0.05) is 30.5 Å². The molecule has 1 amide bonds. The highest BCUT2D eigenvalue weighted by Crippen LogP contribution is 2.20. The zero-order valence-corrected chi connectivity index (χ0v) is 15.4. The topological polar surface area (TPSA) is 58.1 Å². The third-order valence-corrected chi connectivity index (χ3v) is 4.32. The molecular formula is C20H19ClN4O. The summed E-state index contributed by atoms with van der Waals surface area (Å²) in [5.41, 5.74) is 3.02. The van der Waals surface area contributed by atoms with Crippen molar-refractivity contribution < 1.29 is 4.79 Å². The van der Waals surface area contributed by atoms with Crippen LogP contribution < -0.4 is 10.2 Å². The van der Waals surface area contributed by atoms with Crippen molar-refractivity contribution in [3.05, 3.63) is 82.6 Å². The molecule has 0 aliphatic rings. The van der Waals surface area contributed by atoms with Crippen LogP contribution in [0.15, 0.2) is 60.8 Å². The third kappa shape index (κ3) is 4.37. The number of hydrogen-bond donors (Lipinski definition) is 1. The van der Waals surface area contributed by atoms with Gasteiger partial charge in [-0.05, 0) is 36.2 Å². The van der Waals surface area contributed by atoms with E-state index in [1.54, 1.807) is 18.3 Å². The Hall–Kier alpha value is -2.92. The number of carbonyl (C=O) groups is 1. The lowest BCUT2D eigenvalue weighted by atomic mass is 10.2. The van der Waals surface area contributed by atoms with Gasteiger partial charge >= 0.3 is 0 Å². The molecule has 0 aliphatic carbocycles. The first-order chi connectivity index (χ1) is 12.5. The van der Waals surface area contributed by atoms with Crippen LogP contribution in [0.1, 0.15) is 21.6 Å². The molecule has 6 heteroatoms. The Morgan fingerprint density at radius 2 is 1.92 bits per heavy atom. The fourth-order valence-electron chi connectivity index (χ4n) is 2.45. The van der Waals surface area contributed by atoms with Crippen molar-refractivity contribution in [2.45, 2.75) is 13.5 Å². The number of rotatable bonds is 5. The van der Waals surface area contributed by atoms with Crippen molar-refractivity contribution in [2.24, 2.45) is 0 Å². The van der Waals surface area contributed by atoms with Crippen LogP contribution >= 0.6 is 11.6 Å². The molecule has 0 spiro atoms.